The van der Waals surface area contributed by atoms with E-state index in [1.54, 1.807) is 16.4 Å². The number of anilines is 1. The molecule has 2 aromatic heterocycles. The fourth-order valence-corrected chi connectivity index (χ4v) is 3.05. The molecule has 7 heteroatoms. The van der Waals surface area contributed by atoms with Crippen LogP contribution in [0.3, 0.4) is 0 Å². The molecule has 0 aliphatic heterocycles. The second kappa shape index (κ2) is 6.37. The summed E-state index contributed by atoms with van der Waals surface area (Å²) in [5, 5.41) is 2.42. The van der Waals surface area contributed by atoms with E-state index in [4.69, 9.17) is 0 Å². The van der Waals surface area contributed by atoms with Crippen LogP contribution >= 0.6 is 11.3 Å². The maximum Gasteiger partial charge on any atom is 0.225 e. The molecule has 23 heavy (non-hydrogen) atoms. The van der Waals surface area contributed by atoms with Gasteiger partial charge in [-0.3, -0.25) is 19.5 Å². The summed E-state index contributed by atoms with van der Waals surface area (Å²) in [5.41, 5.74) is 0.773. The molecular weight excluding hydrogens is 317 g/mol. The van der Waals surface area contributed by atoms with Crippen LogP contribution in [0.15, 0.2) is 29.9 Å². The molecule has 0 saturated heterocycles. The SMILES string of the molecule is CC(=O)N(c1nc(C=CC(=O)c2cncc(F)c2)cs1)C1CC1. The lowest BCUT2D eigenvalue weighted by Gasteiger charge is -2.16. The highest BCUT2D eigenvalue weighted by atomic mass is 32.1. The Morgan fingerprint density at radius 1 is 1.39 bits per heavy atom. The van der Waals surface area contributed by atoms with Crippen molar-refractivity contribution in [1.82, 2.24) is 9.97 Å². The molecule has 0 unspecified atom stereocenters. The van der Waals surface area contributed by atoms with Gasteiger partial charge >= 0.3 is 0 Å². The second-order valence-electron chi connectivity index (χ2n) is 5.26. The van der Waals surface area contributed by atoms with Crippen LogP contribution in [0.25, 0.3) is 6.08 Å². The van der Waals surface area contributed by atoms with Crippen LogP contribution < -0.4 is 4.90 Å². The summed E-state index contributed by atoms with van der Waals surface area (Å²) in [7, 11) is 0. The van der Waals surface area contributed by atoms with Crippen LogP contribution in [0, 0.1) is 5.82 Å². The van der Waals surface area contributed by atoms with E-state index in [-0.39, 0.29) is 23.3 Å². The van der Waals surface area contributed by atoms with E-state index in [0.29, 0.717) is 10.8 Å². The van der Waals surface area contributed by atoms with E-state index in [0.717, 1.165) is 25.1 Å². The minimum absolute atomic E-state index is 0.0284. The van der Waals surface area contributed by atoms with Crippen molar-refractivity contribution in [2.24, 2.45) is 0 Å². The summed E-state index contributed by atoms with van der Waals surface area (Å²) in [6.07, 6.45) is 7.22. The molecule has 0 N–H and O–H groups in total. The third kappa shape index (κ3) is 3.68. The molecule has 1 fully saturated rings. The summed E-state index contributed by atoms with van der Waals surface area (Å²) in [4.78, 5) is 33.4. The van der Waals surface area contributed by atoms with Gasteiger partial charge in [0, 0.05) is 30.1 Å². The molecule has 118 valence electrons. The van der Waals surface area contributed by atoms with Gasteiger partial charge < -0.3 is 0 Å². The highest BCUT2D eigenvalue weighted by Crippen LogP contribution is 2.33. The molecule has 1 aliphatic carbocycles. The van der Waals surface area contributed by atoms with Gasteiger partial charge in [0.15, 0.2) is 10.9 Å². The number of hydrogen-bond donors (Lipinski definition) is 0. The van der Waals surface area contributed by atoms with Crippen LogP contribution in [0.4, 0.5) is 9.52 Å². The molecule has 0 spiro atoms. The number of allylic oxidation sites excluding steroid dienone is 1. The first-order valence-electron chi connectivity index (χ1n) is 7.13. The highest BCUT2D eigenvalue weighted by molar-refractivity contribution is 7.14. The monoisotopic (exact) mass is 331 g/mol. The number of nitrogens with zero attached hydrogens (tertiary/aromatic N) is 3. The third-order valence-electron chi connectivity index (χ3n) is 3.36. The van der Waals surface area contributed by atoms with Gasteiger partial charge in [-0.2, -0.15) is 0 Å². The first-order chi connectivity index (χ1) is 11.0. The zero-order valence-corrected chi connectivity index (χ0v) is 13.2. The molecular formula is C16H14FN3O2S. The molecule has 0 aromatic carbocycles. The number of carbonyl (C=O) groups excluding carboxylic acids is 2. The molecule has 1 saturated carbocycles. The van der Waals surface area contributed by atoms with Gasteiger partial charge in [-0.15, -0.1) is 11.3 Å². The van der Waals surface area contributed by atoms with Crippen LogP contribution in [0.1, 0.15) is 35.8 Å². The van der Waals surface area contributed by atoms with Gasteiger partial charge in [-0.25, -0.2) is 9.37 Å². The Hall–Kier alpha value is -2.41. The zero-order chi connectivity index (χ0) is 16.4. The van der Waals surface area contributed by atoms with Crippen LogP contribution in [-0.2, 0) is 4.79 Å². The summed E-state index contributed by atoms with van der Waals surface area (Å²) < 4.78 is 13.1. The van der Waals surface area contributed by atoms with Gasteiger partial charge in [-0.1, -0.05) is 0 Å². The molecule has 2 aromatic rings. The van der Waals surface area contributed by atoms with Crippen molar-refractivity contribution in [3.05, 3.63) is 47.0 Å². The first-order valence-corrected chi connectivity index (χ1v) is 8.01. The Kier molecular flexibility index (Phi) is 4.29. The third-order valence-corrected chi connectivity index (χ3v) is 4.22. The van der Waals surface area contributed by atoms with E-state index in [1.165, 1.54) is 30.5 Å². The number of amides is 1. The number of rotatable bonds is 5. The van der Waals surface area contributed by atoms with Crippen LogP contribution in [0.5, 0.6) is 0 Å². The quantitative estimate of drug-likeness (QED) is 0.624. The van der Waals surface area contributed by atoms with Crippen LogP contribution in [-0.4, -0.2) is 27.7 Å². The van der Waals surface area contributed by atoms with E-state index < -0.39 is 5.82 Å². The predicted molar refractivity (Wildman–Crippen MR) is 85.9 cm³/mol. The maximum absolute atomic E-state index is 13.1. The second-order valence-corrected chi connectivity index (χ2v) is 6.10. The Morgan fingerprint density at radius 2 is 2.17 bits per heavy atom. The average molecular weight is 331 g/mol. The number of ketones is 1. The number of halogens is 1. The predicted octanol–water partition coefficient (Wildman–Crippen LogP) is 3.09. The highest BCUT2D eigenvalue weighted by Gasteiger charge is 2.33. The first kappa shape index (κ1) is 15.5. The van der Waals surface area contributed by atoms with Crippen molar-refractivity contribution < 1.29 is 14.0 Å². The minimum Gasteiger partial charge on any atom is -0.289 e. The van der Waals surface area contributed by atoms with E-state index in [2.05, 4.69) is 9.97 Å². The fourth-order valence-electron chi connectivity index (χ4n) is 2.15. The van der Waals surface area contributed by atoms with E-state index in [1.807, 2.05) is 0 Å². The number of carbonyl (C=O) groups is 2. The van der Waals surface area contributed by atoms with E-state index >= 15 is 0 Å². The Balaban J connectivity index is 1.73. The van der Waals surface area contributed by atoms with Crippen LogP contribution in [0.2, 0.25) is 0 Å². The van der Waals surface area contributed by atoms with Crippen molar-refractivity contribution >= 4 is 34.2 Å². The largest absolute Gasteiger partial charge is 0.289 e. The number of aromatic nitrogens is 2. The number of hydrogen-bond acceptors (Lipinski definition) is 5. The van der Waals surface area contributed by atoms with Gasteiger partial charge in [0.1, 0.15) is 5.82 Å². The molecule has 0 radical (unpaired) electrons. The van der Waals surface area contributed by atoms with Gasteiger partial charge in [-0.05, 0) is 31.1 Å². The summed E-state index contributed by atoms with van der Waals surface area (Å²) in [6.45, 7) is 1.52. The van der Waals surface area contributed by atoms with Gasteiger partial charge in [0.2, 0.25) is 5.91 Å². The lowest BCUT2D eigenvalue weighted by molar-refractivity contribution is -0.116. The van der Waals surface area contributed by atoms with Crippen molar-refractivity contribution in [3.63, 3.8) is 0 Å². The van der Waals surface area contributed by atoms with Crippen molar-refractivity contribution in [2.75, 3.05) is 4.90 Å². The molecule has 5 nitrogen and oxygen atoms in total. The lowest BCUT2D eigenvalue weighted by atomic mass is 10.2. The minimum atomic E-state index is -0.554. The Labute approximate surface area is 136 Å². The average Bonchev–Trinajstić information content (AvgIpc) is 3.23. The molecule has 2 heterocycles. The summed E-state index contributed by atoms with van der Waals surface area (Å²) in [5.74, 6) is -0.932. The standard InChI is InChI=1S/C16H14FN3O2S/c1-10(21)20(14-3-4-14)16-19-13(9-23-16)2-5-15(22)11-6-12(17)8-18-7-11/h2,5-9,14H,3-4H2,1H3. The van der Waals surface area contributed by atoms with Crippen molar-refractivity contribution in [2.45, 2.75) is 25.8 Å². The molecule has 0 bridgehead atoms. The Bertz CT molecular complexity index is 783. The maximum atomic E-state index is 13.1. The summed E-state index contributed by atoms with van der Waals surface area (Å²) >= 11 is 1.36. The van der Waals surface area contributed by atoms with Gasteiger partial charge in [0.05, 0.1) is 11.9 Å². The fraction of sp³-hybridized carbons (Fsp3) is 0.250. The molecule has 1 aliphatic rings. The molecule has 3 rings (SSSR count). The summed E-state index contributed by atoms with van der Waals surface area (Å²) in [6, 6.07) is 1.38. The topological polar surface area (TPSA) is 63.2 Å². The lowest BCUT2D eigenvalue weighted by Crippen LogP contribution is -2.30. The smallest absolute Gasteiger partial charge is 0.225 e. The normalized spacial score (nSPS) is 14.2. The van der Waals surface area contributed by atoms with Crippen molar-refractivity contribution in [3.8, 4) is 0 Å². The molecule has 0 atom stereocenters. The van der Waals surface area contributed by atoms with Gasteiger partial charge in [0.25, 0.3) is 0 Å². The Morgan fingerprint density at radius 3 is 2.83 bits per heavy atom. The zero-order valence-electron chi connectivity index (χ0n) is 12.4. The number of pyridine rings is 1. The number of thiazole rings is 1. The van der Waals surface area contributed by atoms with E-state index in [9.17, 15) is 14.0 Å². The van der Waals surface area contributed by atoms with Crippen molar-refractivity contribution in [1.29, 1.82) is 0 Å². The molecule has 1 amide bonds.